The zero-order valence-corrected chi connectivity index (χ0v) is 17.2. The lowest BCUT2D eigenvalue weighted by Crippen LogP contribution is -2.26. The summed E-state index contributed by atoms with van der Waals surface area (Å²) in [6.07, 6.45) is 8.44. The van der Waals surface area contributed by atoms with Crippen LogP contribution < -0.4 is 10.6 Å². The number of hydrogen-bond donors (Lipinski definition) is 3. The van der Waals surface area contributed by atoms with Crippen molar-refractivity contribution in [3.05, 3.63) is 100 Å². The molecule has 5 rings (SSSR count). The highest BCUT2D eigenvalue weighted by Gasteiger charge is 2.45. The van der Waals surface area contributed by atoms with E-state index in [4.69, 9.17) is 0 Å². The highest BCUT2D eigenvalue weighted by molar-refractivity contribution is 5.94. The van der Waals surface area contributed by atoms with Gasteiger partial charge in [0, 0.05) is 30.5 Å². The molecule has 0 saturated carbocycles. The maximum absolute atomic E-state index is 12.6. The maximum Gasteiger partial charge on any atom is 0.251 e. The molecule has 1 fully saturated rings. The first-order chi connectivity index (χ1) is 14.7. The highest BCUT2D eigenvalue weighted by atomic mass is 16.1. The fraction of sp³-hybridized carbons (Fsp3) is 0.269. The van der Waals surface area contributed by atoms with Crippen molar-refractivity contribution in [3.63, 3.8) is 0 Å². The number of allylic oxidation sites excluding steroid dienone is 1. The van der Waals surface area contributed by atoms with Crippen LogP contribution in [0.1, 0.15) is 45.2 Å². The molecular formula is C26H27N3O. The summed E-state index contributed by atoms with van der Waals surface area (Å²) in [7, 11) is 0. The van der Waals surface area contributed by atoms with Gasteiger partial charge in [-0.2, -0.15) is 0 Å². The molecule has 3 aromatic rings. The molecule has 30 heavy (non-hydrogen) atoms. The molecule has 2 aromatic carbocycles. The minimum absolute atomic E-state index is 0.0207. The Balaban J connectivity index is 1.20. The third-order valence-corrected chi connectivity index (χ3v) is 6.33. The summed E-state index contributed by atoms with van der Waals surface area (Å²) in [5.74, 6) is 0.561. The molecule has 2 unspecified atom stereocenters. The highest BCUT2D eigenvalue weighted by Crippen LogP contribution is 2.37. The number of aromatic amines is 1. The van der Waals surface area contributed by atoms with Gasteiger partial charge in [0.25, 0.3) is 5.91 Å². The third kappa shape index (κ3) is 3.48. The number of carbonyl (C=O) groups is 1. The van der Waals surface area contributed by atoms with Gasteiger partial charge in [-0.05, 0) is 53.1 Å². The van der Waals surface area contributed by atoms with E-state index in [1.807, 2.05) is 18.2 Å². The van der Waals surface area contributed by atoms with Crippen molar-refractivity contribution in [1.82, 2.24) is 15.6 Å². The quantitative estimate of drug-likeness (QED) is 0.550. The van der Waals surface area contributed by atoms with E-state index in [0.29, 0.717) is 18.0 Å². The smallest absolute Gasteiger partial charge is 0.251 e. The molecule has 152 valence electrons. The summed E-state index contributed by atoms with van der Waals surface area (Å²) in [5, 5.41) is 6.56. The van der Waals surface area contributed by atoms with Crippen LogP contribution in [-0.4, -0.2) is 24.0 Å². The lowest BCUT2D eigenvalue weighted by Gasteiger charge is -2.15. The molecule has 4 nitrogen and oxygen atoms in total. The second-order valence-corrected chi connectivity index (χ2v) is 8.45. The van der Waals surface area contributed by atoms with Crippen molar-refractivity contribution in [1.29, 1.82) is 0 Å². The SMILES string of the molecule is CC1C=Cc2c(CCNC(=O)c3ccc(C4(c5ccccc5)CN4)cc3)c[nH]c2C1. The first-order valence-corrected chi connectivity index (χ1v) is 10.7. The Labute approximate surface area is 177 Å². The Morgan fingerprint density at radius 3 is 2.57 bits per heavy atom. The Kier molecular flexibility index (Phi) is 4.80. The lowest BCUT2D eigenvalue weighted by molar-refractivity contribution is 0.0954. The molecule has 4 heteroatoms. The van der Waals surface area contributed by atoms with Gasteiger partial charge in [-0.25, -0.2) is 0 Å². The second kappa shape index (κ2) is 7.62. The van der Waals surface area contributed by atoms with E-state index in [-0.39, 0.29) is 11.4 Å². The van der Waals surface area contributed by atoms with Crippen LogP contribution in [0.15, 0.2) is 66.9 Å². The number of amides is 1. The van der Waals surface area contributed by atoms with Gasteiger partial charge in [0.05, 0.1) is 5.54 Å². The van der Waals surface area contributed by atoms with Gasteiger partial charge in [-0.3, -0.25) is 4.79 Å². The number of nitrogens with one attached hydrogen (secondary N) is 3. The van der Waals surface area contributed by atoms with Crippen molar-refractivity contribution < 1.29 is 4.79 Å². The summed E-state index contributed by atoms with van der Waals surface area (Å²) < 4.78 is 0. The van der Waals surface area contributed by atoms with Gasteiger partial charge in [0.1, 0.15) is 0 Å². The number of benzene rings is 2. The number of hydrogen-bond acceptors (Lipinski definition) is 2. The number of fused-ring (bicyclic) bond motifs is 1. The predicted molar refractivity (Wildman–Crippen MR) is 120 cm³/mol. The van der Waals surface area contributed by atoms with Gasteiger partial charge in [-0.1, -0.05) is 61.5 Å². The molecule has 0 spiro atoms. The van der Waals surface area contributed by atoms with Crippen LogP contribution in [0.25, 0.3) is 6.08 Å². The summed E-state index contributed by atoms with van der Waals surface area (Å²) in [6.45, 7) is 3.78. The van der Waals surface area contributed by atoms with Crippen LogP contribution in [0.3, 0.4) is 0 Å². The largest absolute Gasteiger partial charge is 0.364 e. The molecule has 1 aliphatic heterocycles. The van der Waals surface area contributed by atoms with Crippen molar-refractivity contribution in [2.24, 2.45) is 5.92 Å². The summed E-state index contributed by atoms with van der Waals surface area (Å²) >= 11 is 0. The Morgan fingerprint density at radius 2 is 1.83 bits per heavy atom. The minimum Gasteiger partial charge on any atom is -0.364 e. The van der Waals surface area contributed by atoms with Gasteiger partial charge in [0.15, 0.2) is 0 Å². The van der Waals surface area contributed by atoms with Crippen molar-refractivity contribution in [2.45, 2.75) is 25.3 Å². The number of rotatable bonds is 6. The Bertz CT molecular complexity index is 1080. The summed E-state index contributed by atoms with van der Waals surface area (Å²) in [6, 6.07) is 18.5. The zero-order valence-electron chi connectivity index (χ0n) is 17.2. The third-order valence-electron chi connectivity index (χ3n) is 6.33. The molecule has 0 bridgehead atoms. The predicted octanol–water partition coefficient (Wildman–Crippen LogP) is 4.04. The zero-order chi connectivity index (χ0) is 20.6. The van der Waals surface area contributed by atoms with E-state index < -0.39 is 0 Å². The molecule has 2 heterocycles. The summed E-state index contributed by atoms with van der Waals surface area (Å²) in [4.78, 5) is 16.0. The molecule has 1 saturated heterocycles. The van der Waals surface area contributed by atoms with E-state index in [0.717, 1.165) is 19.4 Å². The first kappa shape index (κ1) is 18.9. The summed E-state index contributed by atoms with van der Waals surface area (Å²) in [5.41, 5.74) is 6.94. The molecule has 1 aliphatic carbocycles. The molecular weight excluding hydrogens is 370 g/mol. The molecule has 3 N–H and O–H groups in total. The van der Waals surface area contributed by atoms with Crippen LogP contribution in [0.4, 0.5) is 0 Å². The standard InChI is InChI=1S/C26H27N3O/c1-18-7-12-23-20(16-28-24(23)15-18)13-14-27-25(30)19-8-10-22(11-9-19)26(17-29-26)21-5-3-2-4-6-21/h2-12,16,18,28-29H,13-15,17H2,1H3,(H,27,30). The topological polar surface area (TPSA) is 66.8 Å². The average molecular weight is 398 g/mol. The van der Waals surface area contributed by atoms with E-state index in [2.05, 4.69) is 77.3 Å². The van der Waals surface area contributed by atoms with Crippen molar-refractivity contribution >= 4 is 12.0 Å². The average Bonchev–Trinajstić information content (AvgIpc) is 3.51. The maximum atomic E-state index is 12.6. The fourth-order valence-electron chi connectivity index (χ4n) is 4.46. The monoisotopic (exact) mass is 397 g/mol. The van der Waals surface area contributed by atoms with Gasteiger partial charge < -0.3 is 15.6 Å². The van der Waals surface area contributed by atoms with E-state index in [1.165, 1.54) is 27.9 Å². The van der Waals surface area contributed by atoms with Crippen LogP contribution >= 0.6 is 0 Å². The van der Waals surface area contributed by atoms with Gasteiger partial charge in [-0.15, -0.1) is 0 Å². The van der Waals surface area contributed by atoms with Crippen LogP contribution in [0.2, 0.25) is 0 Å². The first-order valence-electron chi connectivity index (χ1n) is 10.7. The normalized spacial score (nSPS) is 21.8. The van der Waals surface area contributed by atoms with Crippen LogP contribution in [0.5, 0.6) is 0 Å². The molecule has 2 atom stereocenters. The van der Waals surface area contributed by atoms with Crippen molar-refractivity contribution in [2.75, 3.05) is 13.1 Å². The number of aromatic nitrogens is 1. The van der Waals surface area contributed by atoms with Gasteiger partial charge in [0.2, 0.25) is 0 Å². The minimum atomic E-state index is -0.103. The molecule has 0 radical (unpaired) electrons. The molecule has 2 aliphatic rings. The Morgan fingerprint density at radius 1 is 1.10 bits per heavy atom. The number of carbonyl (C=O) groups excluding carboxylic acids is 1. The molecule has 1 aromatic heterocycles. The second-order valence-electron chi connectivity index (χ2n) is 8.45. The van der Waals surface area contributed by atoms with E-state index in [9.17, 15) is 4.79 Å². The lowest BCUT2D eigenvalue weighted by atomic mass is 9.90. The van der Waals surface area contributed by atoms with Crippen LogP contribution in [0, 0.1) is 5.92 Å². The Hall–Kier alpha value is -3.11. The fourth-order valence-corrected chi connectivity index (χ4v) is 4.46. The van der Waals surface area contributed by atoms with Crippen molar-refractivity contribution in [3.8, 4) is 0 Å². The van der Waals surface area contributed by atoms with Crippen LogP contribution in [-0.2, 0) is 18.4 Å². The van der Waals surface area contributed by atoms with Gasteiger partial charge >= 0.3 is 0 Å². The molecule has 1 amide bonds. The van der Waals surface area contributed by atoms with E-state index >= 15 is 0 Å². The number of H-pyrrole nitrogens is 1. The van der Waals surface area contributed by atoms with E-state index in [1.54, 1.807) is 0 Å².